The fraction of sp³-hybridized carbons (Fsp3) is 0.212. The minimum atomic E-state index is -4.77. The summed E-state index contributed by atoms with van der Waals surface area (Å²) in [6, 6.07) is 24.0. The summed E-state index contributed by atoms with van der Waals surface area (Å²) in [4.78, 5) is 28.6. The van der Waals surface area contributed by atoms with Gasteiger partial charge in [-0.1, -0.05) is 83.9 Å². The van der Waals surface area contributed by atoms with Crippen LogP contribution in [-0.2, 0) is 38.8 Å². The van der Waals surface area contributed by atoms with E-state index in [9.17, 15) is 31.2 Å². The van der Waals surface area contributed by atoms with Crippen molar-refractivity contribution in [3.8, 4) is 0 Å². The Morgan fingerprint density at radius 2 is 1.53 bits per heavy atom. The van der Waals surface area contributed by atoms with Gasteiger partial charge in [0.05, 0.1) is 16.1 Å². The second kappa shape index (κ2) is 14.2. The molecule has 4 aromatic carbocycles. The smallest absolute Gasteiger partial charge is 0.357 e. The number of nitrogens with one attached hydrogen (secondary N) is 1. The molecule has 0 unspecified atom stereocenters. The van der Waals surface area contributed by atoms with Gasteiger partial charge in [0, 0.05) is 25.0 Å². The fourth-order valence-electron chi connectivity index (χ4n) is 4.73. The molecular weight excluding hydrogens is 627 g/mol. The first-order chi connectivity index (χ1) is 21.3. The maximum absolute atomic E-state index is 14.3. The first-order valence-electron chi connectivity index (χ1n) is 13.9. The van der Waals surface area contributed by atoms with Gasteiger partial charge in [-0.2, -0.15) is 13.2 Å². The first-order valence-corrected chi connectivity index (χ1v) is 15.7. The van der Waals surface area contributed by atoms with Gasteiger partial charge < -0.3 is 10.2 Å². The summed E-state index contributed by atoms with van der Waals surface area (Å²) in [5, 5.41) is 2.88. The number of carbonyl (C=O) groups is 2. The highest BCUT2D eigenvalue weighted by Gasteiger charge is 2.36. The molecule has 0 aliphatic heterocycles. The Bertz CT molecular complexity index is 1750. The zero-order valence-corrected chi connectivity index (χ0v) is 26.0. The molecular formula is C33H31ClF3N3O4S. The average Bonchev–Trinajstić information content (AvgIpc) is 3.02. The predicted octanol–water partition coefficient (Wildman–Crippen LogP) is 6.25. The van der Waals surface area contributed by atoms with Crippen molar-refractivity contribution in [2.75, 3.05) is 17.9 Å². The Hall–Kier alpha value is -4.35. The molecule has 0 aromatic heterocycles. The van der Waals surface area contributed by atoms with Crippen LogP contribution in [0.3, 0.4) is 0 Å². The Balaban J connectivity index is 1.84. The lowest BCUT2D eigenvalue weighted by Gasteiger charge is -2.34. The van der Waals surface area contributed by atoms with Crippen LogP contribution in [0.15, 0.2) is 108 Å². The highest BCUT2D eigenvalue weighted by Crippen LogP contribution is 2.33. The molecule has 0 saturated carbocycles. The number of benzene rings is 4. The summed E-state index contributed by atoms with van der Waals surface area (Å²) in [5.74, 6) is -1.35. The van der Waals surface area contributed by atoms with Gasteiger partial charge in [-0.3, -0.25) is 13.9 Å². The molecule has 1 atom stereocenters. The van der Waals surface area contributed by atoms with Crippen LogP contribution >= 0.6 is 11.6 Å². The number of alkyl halides is 3. The Morgan fingerprint density at radius 1 is 0.889 bits per heavy atom. The van der Waals surface area contributed by atoms with E-state index in [1.807, 2.05) is 0 Å². The van der Waals surface area contributed by atoms with Crippen molar-refractivity contribution in [1.82, 2.24) is 10.2 Å². The molecule has 0 aliphatic rings. The number of rotatable bonds is 11. The summed E-state index contributed by atoms with van der Waals surface area (Å²) in [6.45, 7) is 0.678. The van der Waals surface area contributed by atoms with Gasteiger partial charge in [0.15, 0.2) is 0 Å². The van der Waals surface area contributed by atoms with Gasteiger partial charge in [-0.25, -0.2) is 8.42 Å². The molecule has 0 bridgehead atoms. The van der Waals surface area contributed by atoms with Crippen LogP contribution < -0.4 is 9.62 Å². The number of carbonyl (C=O) groups excluding carboxylic acids is 2. The minimum Gasteiger partial charge on any atom is -0.357 e. The second-order valence-electron chi connectivity index (χ2n) is 10.3. The number of anilines is 1. The van der Waals surface area contributed by atoms with Crippen molar-refractivity contribution in [3.05, 3.63) is 130 Å². The van der Waals surface area contributed by atoms with Crippen molar-refractivity contribution in [2.45, 2.75) is 37.0 Å². The zero-order valence-electron chi connectivity index (χ0n) is 24.5. The molecule has 12 heteroatoms. The molecule has 0 spiro atoms. The highest BCUT2D eigenvalue weighted by atomic mass is 35.5. The summed E-state index contributed by atoms with van der Waals surface area (Å²) >= 11 is 6.43. The summed E-state index contributed by atoms with van der Waals surface area (Å²) in [5.41, 5.74) is 0.523. The largest absolute Gasteiger partial charge is 0.416 e. The quantitative estimate of drug-likeness (QED) is 0.207. The lowest BCUT2D eigenvalue weighted by atomic mass is 10.0. The van der Waals surface area contributed by atoms with Crippen LogP contribution in [0.5, 0.6) is 0 Å². The van der Waals surface area contributed by atoms with Crippen LogP contribution in [0.1, 0.15) is 22.3 Å². The van der Waals surface area contributed by atoms with E-state index in [4.69, 9.17) is 11.6 Å². The fourth-order valence-corrected chi connectivity index (χ4v) is 6.34. The molecule has 0 radical (unpaired) electrons. The van der Waals surface area contributed by atoms with Crippen molar-refractivity contribution in [3.63, 3.8) is 0 Å². The van der Waals surface area contributed by atoms with E-state index in [0.29, 0.717) is 21.0 Å². The Morgan fingerprint density at radius 3 is 2.16 bits per heavy atom. The molecule has 0 heterocycles. The van der Waals surface area contributed by atoms with Crippen LogP contribution in [0.2, 0.25) is 5.02 Å². The monoisotopic (exact) mass is 657 g/mol. The number of aryl methyl sites for hydroxylation is 1. The Kier molecular flexibility index (Phi) is 10.6. The molecule has 2 amide bonds. The van der Waals surface area contributed by atoms with Gasteiger partial charge in [0.2, 0.25) is 11.8 Å². The van der Waals surface area contributed by atoms with E-state index >= 15 is 0 Å². The number of hydrogen-bond donors (Lipinski definition) is 1. The number of hydrogen-bond acceptors (Lipinski definition) is 4. The van der Waals surface area contributed by atoms with Crippen LogP contribution in [0, 0.1) is 6.92 Å². The SMILES string of the molecule is CNC(=O)[C@@H](Cc1ccccc1)N(Cc1ccccc1Cl)C(=O)CN(c1cccc(C(F)(F)F)c1)S(=O)(=O)c1ccc(C)cc1. The van der Waals surface area contributed by atoms with E-state index in [2.05, 4.69) is 5.32 Å². The number of amides is 2. The maximum atomic E-state index is 14.3. The average molecular weight is 658 g/mol. The third-order valence-electron chi connectivity index (χ3n) is 7.17. The number of nitrogens with zero attached hydrogens (tertiary/aromatic N) is 2. The van der Waals surface area contributed by atoms with Crippen molar-refractivity contribution in [2.24, 2.45) is 0 Å². The van der Waals surface area contributed by atoms with Crippen molar-refractivity contribution >= 4 is 39.1 Å². The van der Waals surface area contributed by atoms with E-state index in [0.717, 1.165) is 23.3 Å². The minimum absolute atomic E-state index is 0.0744. The predicted molar refractivity (Wildman–Crippen MR) is 167 cm³/mol. The Labute approximate surface area is 265 Å². The maximum Gasteiger partial charge on any atom is 0.416 e. The highest BCUT2D eigenvalue weighted by molar-refractivity contribution is 7.92. The molecule has 4 aromatic rings. The van der Waals surface area contributed by atoms with Gasteiger partial charge in [0.1, 0.15) is 12.6 Å². The lowest BCUT2D eigenvalue weighted by Crippen LogP contribution is -2.53. The molecule has 1 N–H and O–H groups in total. The van der Waals surface area contributed by atoms with E-state index < -0.39 is 46.2 Å². The van der Waals surface area contributed by atoms with Crippen LogP contribution in [0.4, 0.5) is 18.9 Å². The van der Waals surface area contributed by atoms with E-state index in [1.165, 1.54) is 30.1 Å². The molecule has 7 nitrogen and oxygen atoms in total. The van der Waals surface area contributed by atoms with Gasteiger partial charge in [-0.05, 0) is 54.4 Å². The van der Waals surface area contributed by atoms with Crippen molar-refractivity contribution < 1.29 is 31.2 Å². The molecule has 0 fully saturated rings. The van der Waals surface area contributed by atoms with Gasteiger partial charge >= 0.3 is 6.18 Å². The third-order valence-corrected chi connectivity index (χ3v) is 9.32. The first kappa shape index (κ1) is 33.5. The second-order valence-corrected chi connectivity index (χ2v) is 12.6. The standard InChI is InChI=1S/C33H31ClF3N3O4S/c1-23-15-17-28(18-16-23)45(43,44)40(27-13-8-12-26(20-27)33(35,36)37)22-31(41)39(21-25-11-6-7-14-29(25)34)30(32(42)38-2)19-24-9-4-3-5-10-24/h3-18,20,30H,19,21-22H2,1-2H3,(H,38,42)/t30-/m1/s1. The zero-order chi connectivity index (χ0) is 32.8. The van der Waals surface area contributed by atoms with Crippen LogP contribution in [-0.4, -0.2) is 44.8 Å². The van der Waals surface area contributed by atoms with E-state index in [-0.39, 0.29) is 23.5 Å². The molecule has 0 aliphatic carbocycles. The van der Waals surface area contributed by atoms with Gasteiger partial charge in [-0.15, -0.1) is 0 Å². The molecule has 4 rings (SSSR count). The van der Waals surface area contributed by atoms with Crippen molar-refractivity contribution in [1.29, 1.82) is 0 Å². The summed E-state index contributed by atoms with van der Waals surface area (Å²) in [7, 11) is -3.15. The van der Waals surface area contributed by atoms with Crippen LogP contribution in [0.25, 0.3) is 0 Å². The molecule has 236 valence electrons. The number of likely N-dealkylation sites (N-methyl/N-ethyl adjacent to an activating group) is 1. The topological polar surface area (TPSA) is 86.8 Å². The summed E-state index contributed by atoms with van der Waals surface area (Å²) < 4.78 is 69.8. The normalized spacial score (nSPS) is 12.3. The lowest BCUT2D eigenvalue weighted by molar-refractivity contribution is -0.139. The molecule has 0 saturated heterocycles. The van der Waals surface area contributed by atoms with Gasteiger partial charge in [0.25, 0.3) is 10.0 Å². The summed E-state index contributed by atoms with van der Waals surface area (Å²) in [6.07, 6.45) is -4.69. The molecule has 45 heavy (non-hydrogen) atoms. The number of halogens is 4. The van der Waals surface area contributed by atoms with E-state index in [1.54, 1.807) is 73.7 Å². The third kappa shape index (κ3) is 8.23. The number of sulfonamides is 1.